The Balaban J connectivity index is 2.09. The number of ether oxygens (including phenoxy) is 1. The number of nitrogens with one attached hydrogen (secondary N) is 2. The lowest BCUT2D eigenvalue weighted by molar-refractivity contribution is 0.0602. The van der Waals surface area contributed by atoms with E-state index in [1.807, 2.05) is 0 Å². The Hall–Kier alpha value is -2.89. The number of urea groups is 1. The molecule has 0 aliphatic heterocycles. The second kappa shape index (κ2) is 6.51. The van der Waals surface area contributed by atoms with Crippen molar-refractivity contribution in [1.29, 1.82) is 0 Å². The number of halogens is 1. The van der Waals surface area contributed by atoms with Gasteiger partial charge in [-0.25, -0.2) is 14.0 Å². The fourth-order valence-corrected chi connectivity index (χ4v) is 1.70. The summed E-state index contributed by atoms with van der Waals surface area (Å²) in [5.41, 5.74) is 1.00. The molecule has 0 saturated carbocycles. The van der Waals surface area contributed by atoms with E-state index in [0.717, 1.165) is 0 Å². The highest BCUT2D eigenvalue weighted by molar-refractivity contribution is 6.04. The minimum atomic E-state index is -0.548. The Kier molecular flexibility index (Phi) is 4.50. The molecule has 0 saturated heterocycles. The molecule has 2 N–H and O–H groups in total. The average molecular weight is 288 g/mol. The van der Waals surface area contributed by atoms with Crippen LogP contribution in [0.15, 0.2) is 48.5 Å². The third kappa shape index (κ3) is 3.79. The van der Waals surface area contributed by atoms with Gasteiger partial charge in [0.1, 0.15) is 5.82 Å². The maximum atomic E-state index is 12.8. The van der Waals surface area contributed by atoms with Crippen molar-refractivity contribution >= 4 is 23.4 Å². The highest BCUT2D eigenvalue weighted by Crippen LogP contribution is 2.16. The Bertz CT molecular complexity index is 656. The van der Waals surface area contributed by atoms with Gasteiger partial charge in [-0.15, -0.1) is 0 Å². The van der Waals surface area contributed by atoms with Crippen molar-refractivity contribution in [3.05, 3.63) is 59.9 Å². The minimum absolute atomic E-state index is 0.245. The van der Waals surface area contributed by atoms with Crippen molar-refractivity contribution < 1.29 is 18.7 Å². The van der Waals surface area contributed by atoms with Gasteiger partial charge in [0.15, 0.2) is 0 Å². The predicted octanol–water partition coefficient (Wildman–Crippen LogP) is 3.26. The van der Waals surface area contributed by atoms with Gasteiger partial charge in [0.25, 0.3) is 0 Å². The molecule has 0 unspecified atom stereocenters. The highest BCUT2D eigenvalue weighted by Gasteiger charge is 2.13. The van der Waals surface area contributed by atoms with Crippen LogP contribution >= 0.6 is 0 Å². The predicted molar refractivity (Wildman–Crippen MR) is 76.8 cm³/mol. The van der Waals surface area contributed by atoms with E-state index in [1.54, 1.807) is 24.3 Å². The summed E-state index contributed by atoms with van der Waals surface area (Å²) in [5, 5.41) is 5.08. The fraction of sp³-hybridized carbons (Fsp3) is 0.0667. The smallest absolute Gasteiger partial charge is 0.339 e. The van der Waals surface area contributed by atoms with Crippen LogP contribution < -0.4 is 10.6 Å². The minimum Gasteiger partial charge on any atom is -0.465 e. The normalized spacial score (nSPS) is 9.81. The van der Waals surface area contributed by atoms with Crippen molar-refractivity contribution in [3.8, 4) is 0 Å². The molecule has 108 valence electrons. The third-order valence-electron chi connectivity index (χ3n) is 2.68. The highest BCUT2D eigenvalue weighted by atomic mass is 19.1. The van der Waals surface area contributed by atoms with Gasteiger partial charge < -0.3 is 15.4 Å². The van der Waals surface area contributed by atoms with Crippen LogP contribution in [-0.2, 0) is 4.74 Å². The van der Waals surface area contributed by atoms with E-state index in [9.17, 15) is 14.0 Å². The Morgan fingerprint density at radius 3 is 2.33 bits per heavy atom. The lowest BCUT2D eigenvalue weighted by Crippen LogP contribution is -2.21. The number of esters is 1. The second-order valence-electron chi connectivity index (χ2n) is 4.12. The quantitative estimate of drug-likeness (QED) is 0.852. The molecule has 0 heterocycles. The van der Waals surface area contributed by atoms with Crippen LogP contribution in [-0.4, -0.2) is 19.1 Å². The van der Waals surface area contributed by atoms with Crippen LogP contribution in [0.2, 0.25) is 0 Å². The summed E-state index contributed by atoms with van der Waals surface area (Å²) in [5.74, 6) is -0.940. The standard InChI is InChI=1S/C15H13FN2O3/c1-21-14(19)12-4-2-3-5-13(12)18-15(20)17-11-8-6-10(16)7-9-11/h2-9H,1H3,(H2,17,18,20). The first-order valence-electron chi connectivity index (χ1n) is 6.11. The molecule has 0 radical (unpaired) electrons. The molecule has 2 rings (SSSR count). The monoisotopic (exact) mass is 288 g/mol. The molecule has 0 aromatic heterocycles. The first-order valence-corrected chi connectivity index (χ1v) is 6.11. The van der Waals surface area contributed by atoms with E-state index < -0.39 is 17.8 Å². The van der Waals surface area contributed by atoms with Gasteiger partial charge in [0, 0.05) is 5.69 Å². The zero-order chi connectivity index (χ0) is 15.2. The van der Waals surface area contributed by atoms with Gasteiger partial charge in [-0.3, -0.25) is 0 Å². The molecule has 0 spiro atoms. The zero-order valence-corrected chi connectivity index (χ0v) is 11.2. The van der Waals surface area contributed by atoms with E-state index in [-0.39, 0.29) is 5.56 Å². The summed E-state index contributed by atoms with van der Waals surface area (Å²) in [4.78, 5) is 23.4. The van der Waals surface area contributed by atoms with Crippen molar-refractivity contribution in [2.24, 2.45) is 0 Å². The number of hydrogen-bond donors (Lipinski definition) is 2. The van der Waals surface area contributed by atoms with E-state index in [1.165, 1.54) is 31.4 Å². The summed E-state index contributed by atoms with van der Waals surface area (Å²) in [7, 11) is 1.26. The summed E-state index contributed by atoms with van der Waals surface area (Å²) in [6.07, 6.45) is 0. The van der Waals surface area contributed by atoms with Gasteiger partial charge in [0.05, 0.1) is 18.4 Å². The maximum absolute atomic E-state index is 12.8. The molecule has 0 atom stereocenters. The van der Waals surface area contributed by atoms with Crippen LogP contribution in [0, 0.1) is 5.82 Å². The van der Waals surface area contributed by atoms with Crippen LogP contribution in [0.4, 0.5) is 20.6 Å². The molecular formula is C15H13FN2O3. The van der Waals surface area contributed by atoms with Crippen LogP contribution in [0.25, 0.3) is 0 Å². The lowest BCUT2D eigenvalue weighted by Gasteiger charge is -2.10. The van der Waals surface area contributed by atoms with Gasteiger partial charge in [0.2, 0.25) is 0 Å². The molecular weight excluding hydrogens is 275 g/mol. The first-order chi connectivity index (χ1) is 10.1. The topological polar surface area (TPSA) is 67.4 Å². The fourth-order valence-electron chi connectivity index (χ4n) is 1.70. The lowest BCUT2D eigenvalue weighted by atomic mass is 10.2. The number of rotatable bonds is 3. The largest absolute Gasteiger partial charge is 0.465 e. The zero-order valence-electron chi connectivity index (χ0n) is 11.2. The number of methoxy groups -OCH3 is 1. The van der Waals surface area contributed by atoms with Gasteiger partial charge >= 0.3 is 12.0 Å². The van der Waals surface area contributed by atoms with Gasteiger partial charge in [-0.1, -0.05) is 12.1 Å². The molecule has 5 nitrogen and oxygen atoms in total. The molecule has 0 aliphatic carbocycles. The van der Waals surface area contributed by atoms with E-state index in [2.05, 4.69) is 15.4 Å². The summed E-state index contributed by atoms with van der Waals surface area (Å²) in [6, 6.07) is 11.3. The van der Waals surface area contributed by atoms with E-state index in [0.29, 0.717) is 11.4 Å². The van der Waals surface area contributed by atoms with Crippen molar-refractivity contribution in [2.45, 2.75) is 0 Å². The number of para-hydroxylation sites is 1. The summed E-state index contributed by atoms with van der Waals surface area (Å²) >= 11 is 0. The summed E-state index contributed by atoms with van der Waals surface area (Å²) in [6.45, 7) is 0. The SMILES string of the molecule is COC(=O)c1ccccc1NC(=O)Nc1ccc(F)cc1. The number of amides is 2. The van der Waals surface area contributed by atoms with Crippen LogP contribution in [0.5, 0.6) is 0 Å². The summed E-state index contributed by atoms with van der Waals surface area (Å²) < 4.78 is 17.4. The number of carbonyl (C=O) groups is 2. The Labute approximate surface area is 120 Å². The maximum Gasteiger partial charge on any atom is 0.339 e. The number of anilines is 2. The van der Waals surface area contributed by atoms with Crippen molar-refractivity contribution in [2.75, 3.05) is 17.7 Å². The van der Waals surface area contributed by atoms with Crippen molar-refractivity contribution in [3.63, 3.8) is 0 Å². The van der Waals surface area contributed by atoms with Crippen LogP contribution in [0.3, 0.4) is 0 Å². The number of hydrogen-bond acceptors (Lipinski definition) is 3. The number of benzene rings is 2. The Morgan fingerprint density at radius 2 is 1.67 bits per heavy atom. The molecule has 2 aromatic rings. The second-order valence-corrected chi connectivity index (χ2v) is 4.12. The Morgan fingerprint density at radius 1 is 1.00 bits per heavy atom. The van der Waals surface area contributed by atoms with Gasteiger partial charge in [-0.2, -0.15) is 0 Å². The molecule has 6 heteroatoms. The molecule has 0 fully saturated rings. The molecule has 2 amide bonds. The average Bonchev–Trinajstić information content (AvgIpc) is 2.49. The number of carbonyl (C=O) groups excluding carboxylic acids is 2. The molecule has 0 aliphatic rings. The third-order valence-corrected chi connectivity index (χ3v) is 2.68. The van der Waals surface area contributed by atoms with Gasteiger partial charge in [-0.05, 0) is 36.4 Å². The van der Waals surface area contributed by atoms with E-state index >= 15 is 0 Å². The van der Waals surface area contributed by atoms with Crippen molar-refractivity contribution in [1.82, 2.24) is 0 Å². The molecule has 21 heavy (non-hydrogen) atoms. The van der Waals surface area contributed by atoms with Crippen LogP contribution in [0.1, 0.15) is 10.4 Å². The van der Waals surface area contributed by atoms with E-state index in [4.69, 9.17) is 0 Å². The first kappa shape index (κ1) is 14.5. The molecule has 0 bridgehead atoms. The molecule has 2 aromatic carbocycles.